The first kappa shape index (κ1) is 20.9. The van der Waals surface area contributed by atoms with Crippen molar-refractivity contribution in [1.82, 2.24) is 9.62 Å². The van der Waals surface area contributed by atoms with E-state index in [1.165, 1.54) is 4.31 Å². The van der Waals surface area contributed by atoms with Crippen LogP contribution in [-0.4, -0.2) is 37.3 Å². The van der Waals surface area contributed by atoms with E-state index in [0.29, 0.717) is 25.3 Å². The Bertz CT molecular complexity index is 698. The molecule has 1 aromatic rings. The van der Waals surface area contributed by atoms with Crippen molar-refractivity contribution >= 4 is 15.9 Å². The molecule has 26 heavy (non-hydrogen) atoms. The number of rotatable bonds is 8. The SMILES string of the molecule is Cc1ccc(S(=O)(=O)N2CCCC2C(=O)NC(C)CCCC(C)C)cc1. The van der Waals surface area contributed by atoms with Crippen molar-refractivity contribution in [3.05, 3.63) is 29.8 Å². The molecule has 1 amide bonds. The highest BCUT2D eigenvalue weighted by Gasteiger charge is 2.39. The summed E-state index contributed by atoms with van der Waals surface area (Å²) in [6, 6.07) is 6.27. The summed E-state index contributed by atoms with van der Waals surface area (Å²) >= 11 is 0. The van der Waals surface area contributed by atoms with E-state index in [2.05, 4.69) is 19.2 Å². The van der Waals surface area contributed by atoms with Crippen molar-refractivity contribution in [2.24, 2.45) is 5.92 Å². The van der Waals surface area contributed by atoms with Crippen LogP contribution in [0.15, 0.2) is 29.2 Å². The van der Waals surface area contributed by atoms with Crippen molar-refractivity contribution < 1.29 is 13.2 Å². The zero-order chi connectivity index (χ0) is 19.3. The highest BCUT2D eigenvalue weighted by atomic mass is 32.2. The van der Waals surface area contributed by atoms with E-state index in [4.69, 9.17) is 0 Å². The highest BCUT2D eigenvalue weighted by molar-refractivity contribution is 7.89. The first-order valence-electron chi connectivity index (χ1n) is 9.60. The second-order valence-corrected chi connectivity index (χ2v) is 9.71. The van der Waals surface area contributed by atoms with E-state index in [0.717, 1.165) is 24.8 Å². The number of carbonyl (C=O) groups excluding carboxylic acids is 1. The number of nitrogens with one attached hydrogen (secondary N) is 1. The average molecular weight is 381 g/mol. The molecular formula is C20H32N2O3S. The van der Waals surface area contributed by atoms with Gasteiger partial charge in [0.05, 0.1) is 4.90 Å². The maximum atomic E-state index is 12.9. The summed E-state index contributed by atoms with van der Waals surface area (Å²) in [5, 5.41) is 3.01. The number of aryl methyl sites for hydroxylation is 1. The Kier molecular flexibility index (Phi) is 7.24. The second kappa shape index (κ2) is 9.00. The zero-order valence-corrected chi connectivity index (χ0v) is 17.2. The van der Waals surface area contributed by atoms with Gasteiger partial charge in [-0.25, -0.2) is 8.42 Å². The number of hydrogen-bond acceptors (Lipinski definition) is 3. The van der Waals surface area contributed by atoms with Crippen molar-refractivity contribution in [1.29, 1.82) is 0 Å². The lowest BCUT2D eigenvalue weighted by atomic mass is 10.0. The van der Waals surface area contributed by atoms with Gasteiger partial charge in [-0.2, -0.15) is 4.31 Å². The summed E-state index contributed by atoms with van der Waals surface area (Å²) < 4.78 is 27.2. The van der Waals surface area contributed by atoms with E-state index < -0.39 is 16.1 Å². The van der Waals surface area contributed by atoms with E-state index in [9.17, 15) is 13.2 Å². The molecular weight excluding hydrogens is 348 g/mol. The van der Waals surface area contributed by atoms with Gasteiger partial charge in [0.1, 0.15) is 6.04 Å². The van der Waals surface area contributed by atoms with Gasteiger partial charge in [-0.1, -0.05) is 44.4 Å². The van der Waals surface area contributed by atoms with Gasteiger partial charge >= 0.3 is 0 Å². The lowest BCUT2D eigenvalue weighted by molar-refractivity contribution is -0.124. The molecule has 1 aromatic carbocycles. The first-order valence-corrected chi connectivity index (χ1v) is 11.0. The van der Waals surface area contributed by atoms with Gasteiger partial charge in [0, 0.05) is 12.6 Å². The minimum Gasteiger partial charge on any atom is -0.352 e. The fourth-order valence-electron chi connectivity index (χ4n) is 3.38. The predicted molar refractivity (Wildman–Crippen MR) is 104 cm³/mol. The third-order valence-electron chi connectivity index (χ3n) is 4.94. The Hall–Kier alpha value is -1.40. The maximum Gasteiger partial charge on any atom is 0.243 e. The van der Waals surface area contributed by atoms with Gasteiger partial charge in [-0.3, -0.25) is 4.79 Å². The molecule has 1 aliphatic heterocycles. The van der Waals surface area contributed by atoms with Crippen LogP contribution >= 0.6 is 0 Å². The highest BCUT2D eigenvalue weighted by Crippen LogP contribution is 2.26. The number of hydrogen-bond donors (Lipinski definition) is 1. The van der Waals surface area contributed by atoms with Gasteiger partial charge in [0.25, 0.3) is 0 Å². The van der Waals surface area contributed by atoms with Crippen LogP contribution in [0.5, 0.6) is 0 Å². The largest absolute Gasteiger partial charge is 0.352 e. The summed E-state index contributed by atoms with van der Waals surface area (Å²) in [6.45, 7) is 8.69. The second-order valence-electron chi connectivity index (χ2n) is 7.82. The Morgan fingerprint density at radius 2 is 1.85 bits per heavy atom. The molecule has 0 radical (unpaired) electrons. The quantitative estimate of drug-likeness (QED) is 0.751. The number of sulfonamides is 1. The molecule has 2 unspecified atom stereocenters. The van der Waals surface area contributed by atoms with Crippen LogP contribution in [0.4, 0.5) is 0 Å². The molecule has 6 heteroatoms. The topological polar surface area (TPSA) is 66.5 Å². The molecule has 1 fully saturated rings. The summed E-state index contributed by atoms with van der Waals surface area (Å²) in [5.74, 6) is 0.484. The first-order chi connectivity index (χ1) is 12.2. The maximum absolute atomic E-state index is 12.9. The molecule has 1 N–H and O–H groups in total. The number of benzene rings is 1. The number of amides is 1. The average Bonchev–Trinajstić information content (AvgIpc) is 3.05. The molecule has 0 bridgehead atoms. The molecule has 2 rings (SSSR count). The van der Waals surface area contributed by atoms with Gasteiger partial charge in [-0.15, -0.1) is 0 Å². The van der Waals surface area contributed by atoms with Crippen molar-refractivity contribution in [2.75, 3.05) is 6.54 Å². The fourth-order valence-corrected chi connectivity index (χ4v) is 5.04. The van der Waals surface area contributed by atoms with Crippen LogP contribution in [-0.2, 0) is 14.8 Å². The number of carbonyl (C=O) groups is 1. The van der Waals surface area contributed by atoms with Crippen LogP contribution in [0.2, 0.25) is 0 Å². The Morgan fingerprint density at radius 3 is 2.46 bits per heavy atom. The third kappa shape index (κ3) is 5.30. The van der Waals surface area contributed by atoms with Gasteiger partial charge < -0.3 is 5.32 Å². The monoisotopic (exact) mass is 380 g/mol. The van der Waals surface area contributed by atoms with Crippen LogP contribution in [0.25, 0.3) is 0 Å². The lowest BCUT2D eigenvalue weighted by Gasteiger charge is -2.25. The summed E-state index contributed by atoms with van der Waals surface area (Å²) in [5.41, 5.74) is 1.01. The normalized spacial score (nSPS) is 19.7. The van der Waals surface area contributed by atoms with Gasteiger partial charge in [0.15, 0.2) is 0 Å². The molecule has 0 saturated carbocycles. The Morgan fingerprint density at radius 1 is 1.19 bits per heavy atom. The molecule has 0 aliphatic carbocycles. The van der Waals surface area contributed by atoms with Crippen LogP contribution in [0.1, 0.15) is 58.4 Å². The van der Waals surface area contributed by atoms with Crippen LogP contribution in [0.3, 0.4) is 0 Å². The molecule has 1 heterocycles. The van der Waals surface area contributed by atoms with Gasteiger partial charge in [-0.05, 0) is 51.2 Å². The molecule has 0 spiro atoms. The lowest BCUT2D eigenvalue weighted by Crippen LogP contribution is -2.48. The summed E-state index contributed by atoms with van der Waals surface area (Å²) in [4.78, 5) is 12.9. The van der Waals surface area contributed by atoms with E-state index in [-0.39, 0.29) is 16.8 Å². The predicted octanol–water partition coefficient (Wildman–Crippen LogP) is 3.48. The summed E-state index contributed by atoms with van der Waals surface area (Å²) in [7, 11) is -3.64. The molecule has 2 atom stereocenters. The van der Waals surface area contributed by atoms with Crippen LogP contribution < -0.4 is 5.32 Å². The van der Waals surface area contributed by atoms with Crippen molar-refractivity contribution in [3.8, 4) is 0 Å². The van der Waals surface area contributed by atoms with E-state index in [1.54, 1.807) is 24.3 Å². The van der Waals surface area contributed by atoms with Crippen LogP contribution in [0, 0.1) is 12.8 Å². The smallest absolute Gasteiger partial charge is 0.243 e. The molecule has 1 saturated heterocycles. The van der Waals surface area contributed by atoms with Crippen molar-refractivity contribution in [2.45, 2.75) is 76.8 Å². The molecule has 0 aromatic heterocycles. The molecule has 1 aliphatic rings. The Labute approximate surface area is 158 Å². The van der Waals surface area contributed by atoms with Crippen molar-refractivity contribution in [3.63, 3.8) is 0 Å². The van der Waals surface area contributed by atoms with E-state index >= 15 is 0 Å². The standard InChI is InChI=1S/C20H32N2O3S/c1-15(2)7-5-8-17(4)21-20(23)19-9-6-14-22(19)26(24,25)18-12-10-16(3)11-13-18/h10-13,15,17,19H,5-9,14H2,1-4H3,(H,21,23). The summed E-state index contributed by atoms with van der Waals surface area (Å²) in [6.07, 6.45) is 4.41. The van der Waals surface area contributed by atoms with E-state index in [1.807, 2.05) is 13.8 Å². The number of nitrogens with zero attached hydrogens (tertiary/aromatic N) is 1. The zero-order valence-electron chi connectivity index (χ0n) is 16.4. The molecule has 146 valence electrons. The molecule has 5 nitrogen and oxygen atoms in total. The fraction of sp³-hybridized carbons (Fsp3) is 0.650. The minimum atomic E-state index is -3.64. The van der Waals surface area contributed by atoms with Gasteiger partial charge in [0.2, 0.25) is 15.9 Å². The Balaban J connectivity index is 2.02. The minimum absolute atomic E-state index is 0.0609. The third-order valence-corrected chi connectivity index (χ3v) is 6.86.